The summed E-state index contributed by atoms with van der Waals surface area (Å²) in [6, 6.07) is 10.4. The Morgan fingerprint density at radius 1 is 1.13 bits per heavy atom. The standard InChI is InChI=1S/C12H19N3/c1-13-12(14(2)3)15(4)10-11-8-6-5-7-9-11/h5-9H,10H2,1-4H3/b13-12-. The average molecular weight is 205 g/mol. The van der Waals surface area contributed by atoms with Crippen LogP contribution in [0.4, 0.5) is 0 Å². The van der Waals surface area contributed by atoms with Gasteiger partial charge in [0.15, 0.2) is 5.96 Å². The van der Waals surface area contributed by atoms with Crippen LogP contribution in [-0.4, -0.2) is 44.0 Å². The molecule has 0 unspecified atom stereocenters. The molecule has 0 saturated heterocycles. The Bertz CT molecular complexity index is 317. The van der Waals surface area contributed by atoms with Gasteiger partial charge in [0, 0.05) is 34.7 Å². The number of aliphatic imine (C=N–C) groups is 1. The van der Waals surface area contributed by atoms with Crippen molar-refractivity contribution >= 4 is 5.96 Å². The predicted octanol–water partition coefficient (Wildman–Crippen LogP) is 1.67. The van der Waals surface area contributed by atoms with Gasteiger partial charge in [0.2, 0.25) is 0 Å². The third-order valence-electron chi connectivity index (χ3n) is 2.20. The first-order valence-electron chi connectivity index (χ1n) is 5.04. The lowest BCUT2D eigenvalue weighted by Crippen LogP contribution is -2.37. The van der Waals surface area contributed by atoms with Gasteiger partial charge < -0.3 is 9.80 Å². The summed E-state index contributed by atoms with van der Waals surface area (Å²) in [7, 11) is 7.87. The topological polar surface area (TPSA) is 18.8 Å². The van der Waals surface area contributed by atoms with Crippen molar-refractivity contribution in [1.82, 2.24) is 9.80 Å². The van der Waals surface area contributed by atoms with Crippen molar-refractivity contribution in [2.75, 3.05) is 28.2 Å². The second-order valence-electron chi connectivity index (χ2n) is 3.76. The summed E-state index contributed by atoms with van der Waals surface area (Å²) in [5.74, 6) is 0.985. The van der Waals surface area contributed by atoms with Gasteiger partial charge in [-0.25, -0.2) is 0 Å². The molecule has 0 N–H and O–H groups in total. The highest BCUT2D eigenvalue weighted by Crippen LogP contribution is 2.03. The molecule has 0 aliphatic heterocycles. The minimum Gasteiger partial charge on any atom is -0.349 e. The zero-order valence-electron chi connectivity index (χ0n) is 9.94. The second kappa shape index (κ2) is 5.39. The third kappa shape index (κ3) is 3.27. The Labute approximate surface area is 92.0 Å². The maximum Gasteiger partial charge on any atom is 0.195 e. The van der Waals surface area contributed by atoms with Gasteiger partial charge in [0.1, 0.15) is 0 Å². The van der Waals surface area contributed by atoms with Crippen LogP contribution in [0.3, 0.4) is 0 Å². The molecule has 82 valence electrons. The molecule has 0 amide bonds. The largest absolute Gasteiger partial charge is 0.349 e. The number of hydrogen-bond donors (Lipinski definition) is 0. The molecule has 15 heavy (non-hydrogen) atoms. The molecular formula is C12H19N3. The summed E-state index contributed by atoms with van der Waals surface area (Å²) in [5, 5.41) is 0. The Morgan fingerprint density at radius 2 is 1.73 bits per heavy atom. The van der Waals surface area contributed by atoms with Crippen molar-refractivity contribution < 1.29 is 0 Å². The van der Waals surface area contributed by atoms with Crippen molar-refractivity contribution in [3.63, 3.8) is 0 Å². The SMILES string of the molecule is C/N=C(/N(C)C)N(C)Cc1ccccc1. The van der Waals surface area contributed by atoms with Crippen LogP contribution in [0, 0.1) is 0 Å². The molecule has 1 rings (SSSR count). The van der Waals surface area contributed by atoms with E-state index < -0.39 is 0 Å². The fraction of sp³-hybridized carbons (Fsp3) is 0.417. The van der Waals surface area contributed by atoms with E-state index in [-0.39, 0.29) is 0 Å². The lowest BCUT2D eigenvalue weighted by molar-refractivity contribution is 0.419. The summed E-state index contributed by atoms with van der Waals surface area (Å²) in [6.07, 6.45) is 0. The molecule has 0 saturated carbocycles. The van der Waals surface area contributed by atoms with Crippen molar-refractivity contribution in [2.24, 2.45) is 4.99 Å². The summed E-state index contributed by atoms with van der Waals surface area (Å²) in [4.78, 5) is 8.40. The zero-order chi connectivity index (χ0) is 11.3. The fourth-order valence-electron chi connectivity index (χ4n) is 1.64. The van der Waals surface area contributed by atoms with Crippen molar-refractivity contribution in [2.45, 2.75) is 6.54 Å². The number of benzene rings is 1. The lowest BCUT2D eigenvalue weighted by atomic mass is 10.2. The van der Waals surface area contributed by atoms with Crippen LogP contribution in [0.5, 0.6) is 0 Å². The Balaban J connectivity index is 2.67. The highest BCUT2D eigenvalue weighted by atomic mass is 15.3. The summed E-state index contributed by atoms with van der Waals surface area (Å²) >= 11 is 0. The van der Waals surface area contributed by atoms with Crippen molar-refractivity contribution in [1.29, 1.82) is 0 Å². The first-order valence-corrected chi connectivity index (χ1v) is 5.04. The van der Waals surface area contributed by atoms with E-state index in [1.54, 1.807) is 0 Å². The van der Waals surface area contributed by atoms with Crippen molar-refractivity contribution in [3.05, 3.63) is 35.9 Å². The normalized spacial score (nSPS) is 11.3. The highest BCUT2D eigenvalue weighted by Gasteiger charge is 2.07. The molecule has 1 aromatic carbocycles. The van der Waals surface area contributed by atoms with Gasteiger partial charge in [-0.15, -0.1) is 0 Å². The fourth-order valence-corrected chi connectivity index (χ4v) is 1.64. The average Bonchev–Trinajstić information content (AvgIpc) is 2.19. The van der Waals surface area contributed by atoms with Crippen LogP contribution in [0.1, 0.15) is 5.56 Å². The van der Waals surface area contributed by atoms with E-state index in [4.69, 9.17) is 0 Å². The van der Waals surface area contributed by atoms with E-state index in [1.807, 2.05) is 32.1 Å². The lowest BCUT2D eigenvalue weighted by Gasteiger charge is -2.26. The number of hydrogen-bond acceptors (Lipinski definition) is 1. The minimum atomic E-state index is 0.881. The highest BCUT2D eigenvalue weighted by molar-refractivity contribution is 5.79. The molecule has 3 nitrogen and oxygen atoms in total. The monoisotopic (exact) mass is 205 g/mol. The van der Waals surface area contributed by atoms with Crippen LogP contribution >= 0.6 is 0 Å². The molecule has 0 heterocycles. The molecule has 1 aromatic rings. The molecule has 0 atom stereocenters. The van der Waals surface area contributed by atoms with Gasteiger partial charge >= 0.3 is 0 Å². The molecule has 3 heteroatoms. The number of nitrogens with zero attached hydrogens (tertiary/aromatic N) is 3. The first kappa shape index (κ1) is 11.6. The molecular weight excluding hydrogens is 186 g/mol. The van der Waals surface area contributed by atoms with E-state index in [1.165, 1.54) is 5.56 Å². The first-order chi connectivity index (χ1) is 7.15. The smallest absolute Gasteiger partial charge is 0.195 e. The summed E-state index contributed by atoms with van der Waals surface area (Å²) < 4.78 is 0. The van der Waals surface area contributed by atoms with Gasteiger partial charge in [0.05, 0.1) is 0 Å². The van der Waals surface area contributed by atoms with E-state index >= 15 is 0 Å². The maximum absolute atomic E-state index is 4.25. The Morgan fingerprint density at radius 3 is 2.20 bits per heavy atom. The predicted molar refractivity (Wildman–Crippen MR) is 65.0 cm³/mol. The second-order valence-corrected chi connectivity index (χ2v) is 3.76. The Kier molecular flexibility index (Phi) is 4.16. The van der Waals surface area contributed by atoms with Gasteiger partial charge in [-0.2, -0.15) is 0 Å². The van der Waals surface area contributed by atoms with Gasteiger partial charge in [-0.3, -0.25) is 4.99 Å². The molecule has 0 spiro atoms. The molecule has 0 radical (unpaired) electrons. The number of rotatable bonds is 2. The van der Waals surface area contributed by atoms with E-state index in [9.17, 15) is 0 Å². The minimum absolute atomic E-state index is 0.881. The molecule has 0 aliphatic carbocycles. The maximum atomic E-state index is 4.25. The van der Waals surface area contributed by atoms with Crippen LogP contribution in [0.15, 0.2) is 35.3 Å². The molecule has 0 aliphatic rings. The van der Waals surface area contributed by atoms with Crippen molar-refractivity contribution in [3.8, 4) is 0 Å². The summed E-state index contributed by atoms with van der Waals surface area (Å²) in [6.45, 7) is 0.881. The van der Waals surface area contributed by atoms with Crippen LogP contribution in [0.2, 0.25) is 0 Å². The quantitative estimate of drug-likeness (QED) is 0.540. The van der Waals surface area contributed by atoms with Gasteiger partial charge in [-0.1, -0.05) is 30.3 Å². The van der Waals surface area contributed by atoms with Crippen LogP contribution in [-0.2, 0) is 6.54 Å². The van der Waals surface area contributed by atoms with Crippen LogP contribution in [0.25, 0.3) is 0 Å². The summed E-state index contributed by atoms with van der Waals surface area (Å²) in [5.41, 5.74) is 1.29. The Hall–Kier alpha value is -1.51. The van der Waals surface area contributed by atoms with E-state index in [2.05, 4.69) is 41.2 Å². The van der Waals surface area contributed by atoms with E-state index in [0.29, 0.717) is 0 Å². The van der Waals surface area contributed by atoms with E-state index in [0.717, 1.165) is 12.5 Å². The molecule has 0 aromatic heterocycles. The van der Waals surface area contributed by atoms with Crippen LogP contribution < -0.4 is 0 Å². The van der Waals surface area contributed by atoms with Gasteiger partial charge in [-0.05, 0) is 5.56 Å². The van der Waals surface area contributed by atoms with Gasteiger partial charge in [0.25, 0.3) is 0 Å². The zero-order valence-corrected chi connectivity index (χ0v) is 9.94. The number of guanidine groups is 1. The molecule has 0 bridgehead atoms. The molecule has 0 fully saturated rings. The third-order valence-corrected chi connectivity index (χ3v) is 2.20.